The molecule has 0 radical (unpaired) electrons. The molecule has 124 valence electrons. The number of hydrogen-bond acceptors (Lipinski definition) is 4. The van der Waals surface area contributed by atoms with Crippen molar-refractivity contribution in [3.8, 4) is 0 Å². The second-order valence-electron chi connectivity index (χ2n) is 5.61. The van der Waals surface area contributed by atoms with E-state index >= 15 is 0 Å². The maximum Gasteiger partial charge on any atom is 0.232 e. The number of sulfonamides is 2. The van der Waals surface area contributed by atoms with E-state index in [9.17, 15) is 16.8 Å². The van der Waals surface area contributed by atoms with E-state index in [0.717, 1.165) is 19.3 Å². The summed E-state index contributed by atoms with van der Waals surface area (Å²) in [5, 5.41) is 0. The van der Waals surface area contributed by atoms with Crippen molar-refractivity contribution in [2.45, 2.75) is 38.6 Å². The lowest BCUT2D eigenvalue weighted by molar-refractivity contribution is 0.595. The Hall–Kier alpha value is -1.28. The van der Waals surface area contributed by atoms with Crippen molar-refractivity contribution < 1.29 is 16.8 Å². The van der Waals surface area contributed by atoms with Crippen LogP contribution in [0.3, 0.4) is 0 Å². The number of nitrogens with one attached hydrogen (secondary N) is 1. The zero-order chi connectivity index (χ0) is 16.4. The molecule has 0 amide bonds. The molecule has 0 aliphatic heterocycles. The SMILES string of the molecule is CCCCS(=O)(=O)Nc1ccc(N(C2CC2)S(C)(=O)=O)cc1. The third kappa shape index (κ3) is 4.61. The summed E-state index contributed by atoms with van der Waals surface area (Å²) in [5.41, 5.74) is 1.02. The molecule has 2 rings (SSSR count). The Morgan fingerprint density at radius 2 is 1.73 bits per heavy atom. The molecule has 0 heterocycles. The van der Waals surface area contributed by atoms with Gasteiger partial charge in [0.05, 0.1) is 17.7 Å². The minimum Gasteiger partial charge on any atom is -0.284 e. The molecule has 1 aromatic carbocycles. The highest BCUT2D eigenvalue weighted by Gasteiger charge is 2.35. The smallest absolute Gasteiger partial charge is 0.232 e. The minimum atomic E-state index is -3.34. The Kier molecular flexibility index (Phi) is 5.01. The van der Waals surface area contributed by atoms with Gasteiger partial charge in [-0.3, -0.25) is 9.03 Å². The average Bonchev–Trinajstić information content (AvgIpc) is 3.21. The standard InChI is InChI=1S/C14H22N2O4S2/c1-3-4-11-22(19,20)15-12-5-7-13(8-6-12)16(14-9-10-14)21(2,17)18/h5-8,14-15H,3-4,9-11H2,1-2H3. The number of nitrogens with zero attached hydrogens (tertiary/aromatic N) is 1. The van der Waals surface area contributed by atoms with E-state index in [1.165, 1.54) is 10.6 Å². The predicted molar refractivity (Wildman–Crippen MR) is 89.1 cm³/mol. The third-order valence-corrected chi connectivity index (χ3v) is 5.99. The van der Waals surface area contributed by atoms with Crippen LogP contribution in [0, 0.1) is 0 Å². The van der Waals surface area contributed by atoms with E-state index in [1.807, 2.05) is 6.92 Å². The summed E-state index contributed by atoms with van der Waals surface area (Å²) in [4.78, 5) is 0. The van der Waals surface area contributed by atoms with Crippen molar-refractivity contribution in [1.82, 2.24) is 0 Å². The molecule has 1 fully saturated rings. The molecule has 0 aromatic heterocycles. The molecule has 6 nitrogen and oxygen atoms in total. The molecule has 1 aliphatic rings. The van der Waals surface area contributed by atoms with Gasteiger partial charge in [-0.25, -0.2) is 16.8 Å². The topological polar surface area (TPSA) is 83.6 Å². The van der Waals surface area contributed by atoms with Gasteiger partial charge in [0.15, 0.2) is 0 Å². The van der Waals surface area contributed by atoms with Gasteiger partial charge < -0.3 is 0 Å². The summed E-state index contributed by atoms with van der Waals surface area (Å²) in [6.45, 7) is 1.93. The van der Waals surface area contributed by atoms with Crippen LogP contribution in [0.1, 0.15) is 32.6 Å². The van der Waals surface area contributed by atoms with Gasteiger partial charge in [0.2, 0.25) is 20.0 Å². The Bertz CT molecular complexity index is 708. The lowest BCUT2D eigenvalue weighted by atomic mass is 10.3. The molecular weight excluding hydrogens is 324 g/mol. The van der Waals surface area contributed by atoms with Crippen LogP contribution in [-0.2, 0) is 20.0 Å². The molecule has 1 aliphatic carbocycles. The van der Waals surface area contributed by atoms with E-state index in [2.05, 4.69) is 4.72 Å². The van der Waals surface area contributed by atoms with Gasteiger partial charge in [0.25, 0.3) is 0 Å². The highest BCUT2D eigenvalue weighted by Crippen LogP contribution is 2.34. The molecule has 0 atom stereocenters. The Morgan fingerprint density at radius 3 is 2.18 bits per heavy atom. The first-order valence-corrected chi connectivity index (χ1v) is 10.8. The van der Waals surface area contributed by atoms with Gasteiger partial charge >= 0.3 is 0 Å². The second kappa shape index (κ2) is 6.45. The van der Waals surface area contributed by atoms with Crippen LogP contribution in [0.2, 0.25) is 0 Å². The summed E-state index contributed by atoms with van der Waals surface area (Å²) in [6, 6.07) is 6.49. The zero-order valence-electron chi connectivity index (χ0n) is 12.8. The fourth-order valence-electron chi connectivity index (χ4n) is 2.22. The molecule has 1 N–H and O–H groups in total. The molecule has 1 aromatic rings. The van der Waals surface area contributed by atoms with Crippen LogP contribution in [-0.4, -0.2) is 34.9 Å². The van der Waals surface area contributed by atoms with Crippen LogP contribution in [0.5, 0.6) is 0 Å². The molecule has 22 heavy (non-hydrogen) atoms. The maximum atomic E-state index is 11.9. The van der Waals surface area contributed by atoms with Crippen LogP contribution < -0.4 is 9.03 Å². The molecule has 0 unspecified atom stereocenters. The van der Waals surface area contributed by atoms with Crippen molar-refractivity contribution in [2.24, 2.45) is 0 Å². The van der Waals surface area contributed by atoms with E-state index in [-0.39, 0.29) is 11.8 Å². The number of hydrogen-bond donors (Lipinski definition) is 1. The van der Waals surface area contributed by atoms with E-state index in [1.54, 1.807) is 24.3 Å². The molecular formula is C14H22N2O4S2. The first-order chi connectivity index (χ1) is 10.2. The molecule has 0 spiro atoms. The van der Waals surface area contributed by atoms with Crippen molar-refractivity contribution in [2.75, 3.05) is 21.0 Å². The van der Waals surface area contributed by atoms with Gasteiger partial charge in [0.1, 0.15) is 0 Å². The van der Waals surface area contributed by atoms with Crippen LogP contribution >= 0.6 is 0 Å². The van der Waals surface area contributed by atoms with Gasteiger partial charge in [-0.05, 0) is 43.5 Å². The Labute approximate surface area is 132 Å². The van der Waals surface area contributed by atoms with Gasteiger partial charge in [-0.1, -0.05) is 13.3 Å². The molecule has 0 bridgehead atoms. The molecule has 8 heteroatoms. The van der Waals surface area contributed by atoms with E-state index in [0.29, 0.717) is 17.8 Å². The molecule has 1 saturated carbocycles. The highest BCUT2D eigenvalue weighted by atomic mass is 32.2. The number of unbranched alkanes of at least 4 members (excludes halogenated alkanes) is 1. The summed E-state index contributed by atoms with van der Waals surface area (Å²) < 4.78 is 51.3. The van der Waals surface area contributed by atoms with Crippen molar-refractivity contribution in [3.63, 3.8) is 0 Å². The summed E-state index contributed by atoms with van der Waals surface area (Å²) in [5.74, 6) is 0.0861. The summed E-state index contributed by atoms with van der Waals surface area (Å²) in [6.07, 6.45) is 4.32. The van der Waals surface area contributed by atoms with E-state index < -0.39 is 20.0 Å². The normalized spacial score (nSPS) is 15.5. The third-order valence-electron chi connectivity index (χ3n) is 3.40. The van der Waals surface area contributed by atoms with Crippen molar-refractivity contribution in [3.05, 3.63) is 24.3 Å². The monoisotopic (exact) mass is 346 g/mol. The van der Waals surface area contributed by atoms with Crippen LogP contribution in [0.4, 0.5) is 11.4 Å². The van der Waals surface area contributed by atoms with Gasteiger partial charge in [-0.15, -0.1) is 0 Å². The van der Waals surface area contributed by atoms with Crippen LogP contribution in [0.25, 0.3) is 0 Å². The lowest BCUT2D eigenvalue weighted by Crippen LogP contribution is -2.31. The highest BCUT2D eigenvalue weighted by molar-refractivity contribution is 7.92. The minimum absolute atomic E-state index is 0.0297. The largest absolute Gasteiger partial charge is 0.284 e. The predicted octanol–water partition coefficient (Wildman–Crippen LogP) is 2.16. The fourth-order valence-corrected chi connectivity index (χ4v) is 4.75. The summed E-state index contributed by atoms with van der Waals surface area (Å²) >= 11 is 0. The second-order valence-corrected chi connectivity index (χ2v) is 9.31. The number of benzene rings is 1. The maximum absolute atomic E-state index is 11.9. The lowest BCUT2D eigenvalue weighted by Gasteiger charge is -2.22. The van der Waals surface area contributed by atoms with E-state index in [4.69, 9.17) is 0 Å². The van der Waals surface area contributed by atoms with Gasteiger partial charge in [0, 0.05) is 11.7 Å². The Morgan fingerprint density at radius 1 is 1.14 bits per heavy atom. The average molecular weight is 346 g/mol. The van der Waals surface area contributed by atoms with Crippen LogP contribution in [0.15, 0.2) is 24.3 Å². The first kappa shape index (κ1) is 17.1. The first-order valence-electron chi connectivity index (χ1n) is 7.33. The molecule has 0 saturated heterocycles. The van der Waals surface area contributed by atoms with Gasteiger partial charge in [-0.2, -0.15) is 0 Å². The summed E-state index contributed by atoms with van der Waals surface area (Å²) in [7, 11) is -6.66. The van der Waals surface area contributed by atoms with Crippen molar-refractivity contribution >= 4 is 31.4 Å². The van der Waals surface area contributed by atoms with Crippen molar-refractivity contribution in [1.29, 1.82) is 0 Å². The fraction of sp³-hybridized carbons (Fsp3) is 0.571. The number of anilines is 2. The Balaban J connectivity index is 2.13. The quantitative estimate of drug-likeness (QED) is 0.782. The number of rotatable bonds is 8. The zero-order valence-corrected chi connectivity index (χ0v) is 14.5.